The highest BCUT2D eigenvalue weighted by molar-refractivity contribution is 6.28. The van der Waals surface area contributed by atoms with Crippen molar-refractivity contribution >= 4 is 28.7 Å². The Balaban J connectivity index is 1.44. The van der Waals surface area contributed by atoms with Crippen molar-refractivity contribution in [2.45, 2.75) is 51.2 Å². The van der Waals surface area contributed by atoms with Crippen LogP contribution in [0, 0.1) is 0 Å². The predicted molar refractivity (Wildman–Crippen MR) is 134 cm³/mol. The van der Waals surface area contributed by atoms with Crippen molar-refractivity contribution in [1.82, 2.24) is 19.9 Å². The maximum atomic E-state index is 12.2. The number of carbonyl (C=O) groups excluding carboxylic acids is 1. The van der Waals surface area contributed by atoms with Crippen molar-refractivity contribution < 1.29 is 9.53 Å². The highest BCUT2D eigenvalue weighted by Gasteiger charge is 2.34. The molecule has 174 valence electrons. The molecular weight excluding hydrogens is 448 g/mol. The molecule has 2 heterocycles. The fourth-order valence-electron chi connectivity index (χ4n) is 4.47. The van der Waals surface area contributed by atoms with Crippen LogP contribution in [0.5, 0.6) is 0 Å². The maximum absolute atomic E-state index is 12.2. The Hall–Kier alpha value is -3.38. The van der Waals surface area contributed by atoms with Gasteiger partial charge in [-0.1, -0.05) is 42.5 Å². The van der Waals surface area contributed by atoms with Gasteiger partial charge < -0.3 is 14.6 Å². The van der Waals surface area contributed by atoms with E-state index in [9.17, 15) is 4.79 Å². The lowest BCUT2D eigenvalue weighted by Gasteiger charge is -2.38. The topological polar surface area (TPSA) is 69.0 Å². The van der Waals surface area contributed by atoms with Gasteiger partial charge in [-0.15, -0.1) is 0 Å². The van der Waals surface area contributed by atoms with Gasteiger partial charge in [-0.05, 0) is 74.5 Å². The van der Waals surface area contributed by atoms with E-state index in [1.165, 1.54) is 5.56 Å². The molecule has 34 heavy (non-hydrogen) atoms. The van der Waals surface area contributed by atoms with Gasteiger partial charge in [0.2, 0.25) is 5.28 Å². The van der Waals surface area contributed by atoms with Gasteiger partial charge in [-0.2, -0.15) is 0 Å². The lowest BCUT2D eigenvalue weighted by Crippen LogP contribution is -2.47. The standard InChI is InChI=1S/C27H27ClN4O2/c1-27(2,3)34-26(33)31-21-14-13-20(21)17-9-11-19(12-10-17)32-23(18-7-5-4-6-8-18)15-22-24(32)16-29-25(28)30-22/h4-12,15-16,20-21H,13-14H2,1-3H3,(H,31,33). The van der Waals surface area contributed by atoms with E-state index in [1.54, 1.807) is 6.20 Å². The monoisotopic (exact) mass is 474 g/mol. The first-order valence-corrected chi connectivity index (χ1v) is 11.9. The molecule has 0 bridgehead atoms. The number of rotatable bonds is 4. The molecule has 7 heteroatoms. The maximum Gasteiger partial charge on any atom is 0.407 e. The third-order valence-corrected chi connectivity index (χ3v) is 6.33. The molecule has 2 aromatic carbocycles. The zero-order valence-corrected chi connectivity index (χ0v) is 20.2. The first-order valence-electron chi connectivity index (χ1n) is 11.5. The largest absolute Gasteiger partial charge is 0.444 e. The van der Waals surface area contributed by atoms with Crippen molar-refractivity contribution in [1.29, 1.82) is 0 Å². The Morgan fingerprint density at radius 1 is 1.09 bits per heavy atom. The summed E-state index contributed by atoms with van der Waals surface area (Å²) in [5.41, 5.74) is 5.50. The zero-order valence-electron chi connectivity index (χ0n) is 19.5. The van der Waals surface area contributed by atoms with Gasteiger partial charge in [0, 0.05) is 17.6 Å². The van der Waals surface area contributed by atoms with Crippen LogP contribution in [0.4, 0.5) is 4.79 Å². The molecule has 2 atom stereocenters. The van der Waals surface area contributed by atoms with E-state index in [0.29, 0.717) is 0 Å². The molecule has 1 aliphatic rings. The van der Waals surface area contributed by atoms with Crippen molar-refractivity contribution in [2.24, 2.45) is 0 Å². The summed E-state index contributed by atoms with van der Waals surface area (Å²) >= 11 is 6.06. The molecule has 0 aliphatic heterocycles. The Morgan fingerprint density at radius 3 is 2.47 bits per heavy atom. The summed E-state index contributed by atoms with van der Waals surface area (Å²) < 4.78 is 7.58. The van der Waals surface area contributed by atoms with E-state index in [2.05, 4.69) is 56.3 Å². The number of benzene rings is 2. The van der Waals surface area contributed by atoms with Crippen molar-refractivity contribution in [3.8, 4) is 16.9 Å². The van der Waals surface area contributed by atoms with Gasteiger partial charge in [0.1, 0.15) is 5.60 Å². The minimum atomic E-state index is -0.505. The van der Waals surface area contributed by atoms with E-state index in [4.69, 9.17) is 16.3 Å². The zero-order chi connectivity index (χ0) is 23.9. The lowest BCUT2D eigenvalue weighted by molar-refractivity contribution is 0.0466. The number of amides is 1. The van der Waals surface area contributed by atoms with Crippen LogP contribution < -0.4 is 5.32 Å². The molecule has 1 fully saturated rings. The number of carbonyl (C=O) groups is 1. The SMILES string of the molecule is CC(C)(C)OC(=O)NC1CCC1c1ccc(-n2c(-c3ccccc3)cc3nc(Cl)ncc32)cc1. The number of fused-ring (bicyclic) bond motifs is 1. The minimum absolute atomic E-state index is 0.0866. The third-order valence-electron chi connectivity index (χ3n) is 6.15. The minimum Gasteiger partial charge on any atom is -0.444 e. The summed E-state index contributed by atoms with van der Waals surface area (Å²) in [7, 11) is 0. The number of nitrogens with zero attached hydrogens (tertiary/aromatic N) is 3. The van der Waals surface area contributed by atoms with Gasteiger partial charge in [0.05, 0.1) is 22.9 Å². The second-order valence-electron chi connectivity index (χ2n) is 9.67. The molecule has 1 N–H and O–H groups in total. The Labute approximate surface area is 203 Å². The number of hydrogen-bond donors (Lipinski definition) is 1. The normalized spacial score (nSPS) is 17.9. The Kier molecular flexibility index (Phi) is 5.78. The average molecular weight is 475 g/mol. The van der Waals surface area contributed by atoms with E-state index in [0.717, 1.165) is 40.8 Å². The average Bonchev–Trinajstić information content (AvgIpc) is 3.15. The third kappa shape index (κ3) is 4.50. The van der Waals surface area contributed by atoms with Gasteiger partial charge in [0.25, 0.3) is 0 Å². The number of nitrogens with one attached hydrogen (secondary N) is 1. The van der Waals surface area contributed by atoms with Crippen LogP contribution in [-0.2, 0) is 4.74 Å². The predicted octanol–water partition coefficient (Wildman–Crippen LogP) is 6.51. The summed E-state index contributed by atoms with van der Waals surface area (Å²) in [4.78, 5) is 20.8. The molecule has 0 saturated heterocycles. The summed E-state index contributed by atoms with van der Waals surface area (Å²) in [5, 5.41) is 3.26. The smallest absolute Gasteiger partial charge is 0.407 e. The molecule has 5 rings (SSSR count). The number of hydrogen-bond acceptors (Lipinski definition) is 4. The Morgan fingerprint density at radius 2 is 1.82 bits per heavy atom. The number of aromatic nitrogens is 3. The van der Waals surface area contributed by atoms with Crippen molar-refractivity contribution in [3.05, 3.63) is 77.7 Å². The first-order chi connectivity index (χ1) is 16.3. The van der Waals surface area contributed by atoms with Crippen LogP contribution in [0.25, 0.3) is 28.0 Å². The number of ether oxygens (including phenoxy) is 1. The fraction of sp³-hybridized carbons (Fsp3) is 0.296. The highest BCUT2D eigenvalue weighted by atomic mass is 35.5. The molecule has 1 saturated carbocycles. The first kappa shape index (κ1) is 22.4. The molecular formula is C27H27ClN4O2. The second kappa shape index (κ2) is 8.76. The van der Waals surface area contributed by atoms with E-state index >= 15 is 0 Å². The molecule has 2 aromatic heterocycles. The summed E-state index contributed by atoms with van der Waals surface area (Å²) in [6, 6.07) is 20.8. The van der Waals surface area contributed by atoms with Crippen molar-refractivity contribution in [3.63, 3.8) is 0 Å². The van der Waals surface area contributed by atoms with Crippen LogP contribution in [0.3, 0.4) is 0 Å². The molecule has 1 aliphatic carbocycles. The second-order valence-corrected chi connectivity index (χ2v) is 10.0. The van der Waals surface area contributed by atoms with Gasteiger partial charge in [0.15, 0.2) is 0 Å². The summed E-state index contributed by atoms with van der Waals surface area (Å²) in [6.07, 6.45) is 3.39. The quantitative estimate of drug-likeness (QED) is 0.342. The highest BCUT2D eigenvalue weighted by Crippen LogP contribution is 2.38. The van der Waals surface area contributed by atoms with Gasteiger partial charge in [-0.25, -0.2) is 14.8 Å². The molecule has 0 radical (unpaired) electrons. The Bertz CT molecular complexity index is 1330. The van der Waals surface area contributed by atoms with Crippen LogP contribution in [-0.4, -0.2) is 32.3 Å². The van der Waals surface area contributed by atoms with Gasteiger partial charge >= 0.3 is 6.09 Å². The van der Waals surface area contributed by atoms with E-state index < -0.39 is 5.60 Å². The number of halogens is 1. The van der Waals surface area contributed by atoms with Crippen LogP contribution in [0.15, 0.2) is 66.9 Å². The lowest BCUT2D eigenvalue weighted by atomic mass is 9.75. The van der Waals surface area contributed by atoms with Crippen molar-refractivity contribution in [2.75, 3.05) is 0 Å². The molecule has 4 aromatic rings. The van der Waals surface area contributed by atoms with E-state index in [1.807, 2.05) is 45.0 Å². The summed E-state index contributed by atoms with van der Waals surface area (Å²) in [5.74, 6) is 0.277. The molecule has 1 amide bonds. The molecule has 0 spiro atoms. The summed E-state index contributed by atoms with van der Waals surface area (Å²) in [6.45, 7) is 5.62. The fourth-order valence-corrected chi connectivity index (χ4v) is 4.61. The van der Waals surface area contributed by atoms with Crippen LogP contribution in [0.1, 0.15) is 45.1 Å². The molecule has 2 unspecified atom stereocenters. The van der Waals surface area contributed by atoms with Gasteiger partial charge in [-0.3, -0.25) is 0 Å². The molecule has 6 nitrogen and oxygen atoms in total. The van der Waals surface area contributed by atoms with Crippen LogP contribution >= 0.6 is 11.6 Å². The number of alkyl carbamates (subject to hydrolysis) is 1. The van der Waals surface area contributed by atoms with E-state index in [-0.39, 0.29) is 23.3 Å². The van der Waals surface area contributed by atoms with Crippen LogP contribution in [0.2, 0.25) is 5.28 Å².